The normalized spacial score (nSPS) is 10.2. The Balaban J connectivity index is 2.02. The van der Waals surface area contributed by atoms with Gasteiger partial charge in [-0.2, -0.15) is 4.98 Å². The Morgan fingerprint density at radius 3 is 2.65 bits per heavy atom. The van der Waals surface area contributed by atoms with Gasteiger partial charge < -0.3 is 4.74 Å². The van der Waals surface area contributed by atoms with Gasteiger partial charge in [-0.3, -0.25) is 4.98 Å². The largest absolute Gasteiger partial charge is 0.472 e. The minimum absolute atomic E-state index is 0.415. The van der Waals surface area contributed by atoms with E-state index in [0.29, 0.717) is 17.6 Å². The van der Waals surface area contributed by atoms with Crippen molar-refractivity contribution in [1.29, 1.82) is 0 Å². The summed E-state index contributed by atoms with van der Waals surface area (Å²) in [7, 11) is 0. The van der Waals surface area contributed by atoms with Crippen LogP contribution < -0.4 is 4.74 Å². The second kappa shape index (κ2) is 5.64. The monoisotopic (exact) mass is 248 g/mol. The van der Waals surface area contributed by atoms with Crippen LogP contribution in [0.25, 0.3) is 0 Å². The van der Waals surface area contributed by atoms with E-state index in [2.05, 4.69) is 9.97 Å². The summed E-state index contributed by atoms with van der Waals surface area (Å²) < 4.78 is 5.51. The fourth-order valence-electron chi connectivity index (χ4n) is 1.41. The molecule has 1 heterocycles. The minimum Gasteiger partial charge on any atom is -0.472 e. The van der Waals surface area contributed by atoms with Gasteiger partial charge in [-0.25, -0.2) is 0 Å². The average Bonchev–Trinajstić information content (AvgIpc) is 2.38. The fraction of sp³-hybridized carbons (Fsp3) is 0.231. The molecular weight excluding hydrogens is 236 g/mol. The minimum atomic E-state index is 0.415. The van der Waals surface area contributed by atoms with Crippen molar-refractivity contribution in [3.05, 3.63) is 52.9 Å². The van der Waals surface area contributed by atoms with E-state index in [1.165, 1.54) is 0 Å². The Labute approximate surface area is 105 Å². The number of hydrogen-bond acceptors (Lipinski definition) is 3. The van der Waals surface area contributed by atoms with Gasteiger partial charge in [-0.05, 0) is 12.0 Å². The van der Waals surface area contributed by atoms with Crippen molar-refractivity contribution < 1.29 is 4.74 Å². The predicted molar refractivity (Wildman–Crippen MR) is 67.2 cm³/mol. The first-order valence-electron chi connectivity index (χ1n) is 5.47. The summed E-state index contributed by atoms with van der Waals surface area (Å²) in [5.74, 6) is 0.455. The number of rotatable bonds is 4. The van der Waals surface area contributed by atoms with Gasteiger partial charge in [-0.1, -0.05) is 48.9 Å². The second-order valence-corrected chi connectivity index (χ2v) is 3.93. The van der Waals surface area contributed by atoms with Crippen LogP contribution in [0.15, 0.2) is 36.5 Å². The topological polar surface area (TPSA) is 35.0 Å². The van der Waals surface area contributed by atoms with Crippen molar-refractivity contribution in [3.63, 3.8) is 0 Å². The first kappa shape index (κ1) is 11.9. The van der Waals surface area contributed by atoms with Crippen molar-refractivity contribution in [3.8, 4) is 5.88 Å². The van der Waals surface area contributed by atoms with Crippen LogP contribution in [0.4, 0.5) is 0 Å². The lowest BCUT2D eigenvalue weighted by Gasteiger charge is -2.06. The molecule has 0 aliphatic heterocycles. The molecule has 1 aromatic carbocycles. The van der Waals surface area contributed by atoms with Crippen LogP contribution in [0.3, 0.4) is 0 Å². The van der Waals surface area contributed by atoms with Crippen LogP contribution in [0.5, 0.6) is 5.88 Å². The number of ether oxygens (including phenoxy) is 1. The average molecular weight is 249 g/mol. The number of benzene rings is 1. The zero-order chi connectivity index (χ0) is 12.1. The maximum atomic E-state index is 5.96. The van der Waals surface area contributed by atoms with Crippen LogP contribution in [0, 0.1) is 0 Å². The van der Waals surface area contributed by atoms with E-state index >= 15 is 0 Å². The number of nitrogens with zero attached hydrogens (tertiary/aromatic N) is 2. The Bertz CT molecular complexity index is 488. The lowest BCUT2D eigenvalue weighted by Crippen LogP contribution is -2.00. The van der Waals surface area contributed by atoms with Gasteiger partial charge >= 0.3 is 0 Å². The molecule has 0 bridgehead atoms. The Morgan fingerprint density at radius 1 is 1.24 bits per heavy atom. The molecular formula is C13H13ClN2O. The molecule has 0 aliphatic rings. The molecule has 1 aromatic heterocycles. The van der Waals surface area contributed by atoms with Gasteiger partial charge in [0, 0.05) is 0 Å². The summed E-state index contributed by atoms with van der Waals surface area (Å²) in [6, 6.07) is 9.90. The quantitative estimate of drug-likeness (QED) is 0.833. The number of hydrogen-bond donors (Lipinski definition) is 0. The van der Waals surface area contributed by atoms with Gasteiger partial charge in [0.2, 0.25) is 5.88 Å². The van der Waals surface area contributed by atoms with Gasteiger partial charge in [0.15, 0.2) is 5.15 Å². The summed E-state index contributed by atoms with van der Waals surface area (Å²) in [6.45, 7) is 2.46. The van der Waals surface area contributed by atoms with E-state index in [1.807, 2.05) is 37.3 Å². The van der Waals surface area contributed by atoms with Crippen LogP contribution in [0.1, 0.15) is 18.2 Å². The highest BCUT2D eigenvalue weighted by Gasteiger charge is 2.04. The lowest BCUT2D eigenvalue weighted by atomic mass is 10.2. The third-order valence-electron chi connectivity index (χ3n) is 2.34. The van der Waals surface area contributed by atoms with Crippen LogP contribution >= 0.6 is 11.6 Å². The molecule has 0 aliphatic carbocycles. The molecule has 4 heteroatoms. The summed E-state index contributed by atoms with van der Waals surface area (Å²) in [5, 5.41) is 0.415. The van der Waals surface area contributed by atoms with Gasteiger partial charge in [0.05, 0.1) is 11.9 Å². The molecule has 2 aromatic rings. The molecule has 0 spiro atoms. The summed E-state index contributed by atoms with van der Waals surface area (Å²) in [6.07, 6.45) is 2.37. The zero-order valence-electron chi connectivity index (χ0n) is 9.56. The van der Waals surface area contributed by atoms with Crippen molar-refractivity contribution in [2.24, 2.45) is 0 Å². The molecule has 17 heavy (non-hydrogen) atoms. The molecule has 0 saturated carbocycles. The SMILES string of the molecule is CCc1ncc(OCc2ccccc2)nc1Cl. The van der Waals surface area contributed by atoms with Crippen LogP contribution in [-0.4, -0.2) is 9.97 Å². The molecule has 0 radical (unpaired) electrons. The number of aromatic nitrogens is 2. The molecule has 0 N–H and O–H groups in total. The van der Waals surface area contributed by atoms with E-state index in [4.69, 9.17) is 16.3 Å². The lowest BCUT2D eigenvalue weighted by molar-refractivity contribution is 0.292. The van der Waals surface area contributed by atoms with E-state index in [1.54, 1.807) is 6.20 Å². The van der Waals surface area contributed by atoms with Crippen molar-refractivity contribution in [1.82, 2.24) is 9.97 Å². The molecule has 0 fully saturated rings. The number of halogens is 1. The third kappa shape index (κ3) is 3.17. The molecule has 88 valence electrons. The highest BCUT2D eigenvalue weighted by Crippen LogP contribution is 2.16. The second-order valence-electron chi connectivity index (χ2n) is 3.57. The molecule has 2 rings (SSSR count). The predicted octanol–water partition coefficient (Wildman–Crippen LogP) is 3.27. The maximum Gasteiger partial charge on any atom is 0.234 e. The fourth-order valence-corrected chi connectivity index (χ4v) is 1.68. The Morgan fingerprint density at radius 2 is 2.00 bits per heavy atom. The summed E-state index contributed by atoms with van der Waals surface area (Å²) in [4.78, 5) is 8.33. The maximum absolute atomic E-state index is 5.96. The highest BCUT2D eigenvalue weighted by atomic mass is 35.5. The summed E-state index contributed by atoms with van der Waals surface area (Å²) in [5.41, 5.74) is 1.88. The van der Waals surface area contributed by atoms with Crippen LogP contribution in [0.2, 0.25) is 5.15 Å². The molecule has 0 amide bonds. The number of aryl methyl sites for hydroxylation is 1. The standard InChI is InChI=1S/C13H13ClN2O/c1-2-11-13(14)16-12(8-15-11)17-9-10-6-4-3-5-7-10/h3-8H,2,9H2,1H3. The first-order valence-corrected chi connectivity index (χ1v) is 5.85. The third-order valence-corrected chi connectivity index (χ3v) is 2.64. The first-order chi connectivity index (χ1) is 8.29. The molecule has 3 nitrogen and oxygen atoms in total. The van der Waals surface area contributed by atoms with Gasteiger partial charge in [0.1, 0.15) is 6.61 Å². The van der Waals surface area contributed by atoms with E-state index in [-0.39, 0.29) is 0 Å². The molecule has 0 atom stereocenters. The Hall–Kier alpha value is -1.61. The Kier molecular flexibility index (Phi) is 3.94. The summed E-state index contributed by atoms with van der Waals surface area (Å²) >= 11 is 5.96. The molecule has 0 unspecified atom stereocenters. The van der Waals surface area contributed by atoms with Gasteiger partial charge in [-0.15, -0.1) is 0 Å². The van der Waals surface area contributed by atoms with E-state index in [0.717, 1.165) is 17.7 Å². The highest BCUT2D eigenvalue weighted by molar-refractivity contribution is 6.30. The van der Waals surface area contributed by atoms with Crippen molar-refractivity contribution in [2.75, 3.05) is 0 Å². The van der Waals surface area contributed by atoms with E-state index in [9.17, 15) is 0 Å². The molecule has 0 saturated heterocycles. The zero-order valence-corrected chi connectivity index (χ0v) is 10.3. The van der Waals surface area contributed by atoms with Gasteiger partial charge in [0.25, 0.3) is 0 Å². The smallest absolute Gasteiger partial charge is 0.234 e. The van der Waals surface area contributed by atoms with E-state index < -0.39 is 0 Å². The van der Waals surface area contributed by atoms with Crippen molar-refractivity contribution in [2.45, 2.75) is 20.0 Å². The van der Waals surface area contributed by atoms with Crippen LogP contribution in [-0.2, 0) is 13.0 Å². The van der Waals surface area contributed by atoms with Crippen molar-refractivity contribution >= 4 is 11.6 Å².